The van der Waals surface area contributed by atoms with Gasteiger partial charge in [0.25, 0.3) is 0 Å². The molecule has 2 aromatic heterocycles. The Bertz CT molecular complexity index is 689. The number of hydrogen-bond donors (Lipinski definition) is 2. The second-order valence-corrected chi connectivity index (χ2v) is 5.06. The molecule has 0 spiro atoms. The molecule has 110 valence electrons. The summed E-state index contributed by atoms with van der Waals surface area (Å²) in [5.41, 5.74) is 7.59. The average Bonchev–Trinajstić information content (AvgIpc) is 2.53. The lowest BCUT2D eigenvalue weighted by Crippen LogP contribution is -2.15. The van der Waals surface area contributed by atoms with Gasteiger partial charge in [-0.1, -0.05) is 48.0 Å². The highest BCUT2D eigenvalue weighted by Crippen LogP contribution is 2.25. The molecule has 5 nitrogen and oxygen atoms in total. The first-order valence-electron chi connectivity index (χ1n) is 6.75. The van der Waals surface area contributed by atoms with Crippen LogP contribution in [0.3, 0.4) is 0 Å². The van der Waals surface area contributed by atoms with Crippen LogP contribution in [0.1, 0.15) is 17.3 Å². The largest absolute Gasteiger partial charge is 0.368 e. The number of nitrogen functional groups attached to an aromatic ring is 1. The van der Waals surface area contributed by atoms with Crippen LogP contribution >= 0.6 is 11.6 Å². The number of nitrogens with zero attached hydrogens (tertiary/aromatic N) is 3. The molecule has 1 atom stereocenters. The summed E-state index contributed by atoms with van der Waals surface area (Å²) >= 11 is 5.94. The van der Waals surface area contributed by atoms with Crippen molar-refractivity contribution in [1.29, 1.82) is 0 Å². The number of hydrogen-bond acceptors (Lipinski definition) is 5. The molecule has 0 aliphatic rings. The predicted octanol–water partition coefficient (Wildman–Crippen LogP) is 3.31. The maximum absolute atomic E-state index is 5.94. The van der Waals surface area contributed by atoms with Crippen LogP contribution < -0.4 is 11.1 Å². The van der Waals surface area contributed by atoms with Gasteiger partial charge in [0.15, 0.2) is 0 Å². The molecule has 0 saturated carbocycles. The molecule has 0 saturated heterocycles. The monoisotopic (exact) mass is 311 g/mol. The lowest BCUT2D eigenvalue weighted by atomic mass is 10.0. The van der Waals surface area contributed by atoms with Crippen molar-refractivity contribution in [2.75, 3.05) is 11.1 Å². The number of aromatic nitrogens is 3. The second-order valence-electron chi connectivity index (χ2n) is 4.68. The van der Waals surface area contributed by atoms with E-state index in [0.717, 1.165) is 11.3 Å². The second kappa shape index (κ2) is 6.41. The molecule has 6 heteroatoms. The van der Waals surface area contributed by atoms with Gasteiger partial charge >= 0.3 is 0 Å². The van der Waals surface area contributed by atoms with Crippen LogP contribution in [0, 0.1) is 0 Å². The van der Waals surface area contributed by atoms with Crippen molar-refractivity contribution in [3.8, 4) is 0 Å². The molecule has 1 aromatic carbocycles. The number of benzene rings is 1. The molecule has 0 aliphatic heterocycles. The summed E-state index contributed by atoms with van der Waals surface area (Å²) in [5.74, 6) is 0.680. The van der Waals surface area contributed by atoms with E-state index in [1.807, 2.05) is 48.5 Å². The average molecular weight is 312 g/mol. The molecule has 3 aromatic rings. The Morgan fingerprint density at radius 1 is 1.00 bits per heavy atom. The van der Waals surface area contributed by atoms with Crippen LogP contribution in [0.4, 0.5) is 11.8 Å². The van der Waals surface area contributed by atoms with Gasteiger partial charge in [-0.05, 0) is 17.7 Å². The minimum Gasteiger partial charge on any atom is -0.368 e. The fraction of sp³-hybridized carbons (Fsp3) is 0.0625. The number of anilines is 2. The molecular formula is C16H14ClN5. The smallest absolute Gasteiger partial charge is 0.223 e. The minimum absolute atomic E-state index is 0.128. The van der Waals surface area contributed by atoms with E-state index in [9.17, 15) is 0 Å². The number of nitrogens with one attached hydrogen (secondary N) is 1. The van der Waals surface area contributed by atoms with Crippen molar-refractivity contribution in [2.45, 2.75) is 6.04 Å². The lowest BCUT2D eigenvalue weighted by molar-refractivity contribution is 0.877. The van der Waals surface area contributed by atoms with Crippen LogP contribution in [-0.4, -0.2) is 15.0 Å². The van der Waals surface area contributed by atoms with Gasteiger partial charge in [-0.2, -0.15) is 4.98 Å². The van der Waals surface area contributed by atoms with Crippen molar-refractivity contribution < 1.29 is 0 Å². The Labute approximate surface area is 133 Å². The van der Waals surface area contributed by atoms with E-state index in [4.69, 9.17) is 17.3 Å². The van der Waals surface area contributed by atoms with E-state index in [-0.39, 0.29) is 12.0 Å². The molecule has 0 amide bonds. The van der Waals surface area contributed by atoms with E-state index >= 15 is 0 Å². The van der Waals surface area contributed by atoms with Crippen molar-refractivity contribution in [2.24, 2.45) is 0 Å². The summed E-state index contributed by atoms with van der Waals surface area (Å²) in [4.78, 5) is 12.5. The first-order chi connectivity index (χ1) is 10.7. The molecule has 0 unspecified atom stereocenters. The molecule has 22 heavy (non-hydrogen) atoms. The molecular weight excluding hydrogens is 298 g/mol. The summed E-state index contributed by atoms with van der Waals surface area (Å²) in [6.45, 7) is 0. The summed E-state index contributed by atoms with van der Waals surface area (Å²) in [7, 11) is 0. The fourth-order valence-electron chi connectivity index (χ4n) is 2.18. The van der Waals surface area contributed by atoms with Gasteiger partial charge in [0.1, 0.15) is 11.0 Å². The summed E-state index contributed by atoms with van der Waals surface area (Å²) in [6.07, 6.45) is 1.76. The zero-order valence-electron chi connectivity index (χ0n) is 11.6. The SMILES string of the molecule is Nc1nc(Cl)cc(N[C@@H](c2ccccc2)c2ccccn2)n1. The zero-order valence-corrected chi connectivity index (χ0v) is 12.4. The molecule has 3 rings (SSSR count). The highest BCUT2D eigenvalue weighted by Gasteiger charge is 2.16. The number of pyridine rings is 1. The van der Waals surface area contributed by atoms with Crippen molar-refractivity contribution in [3.05, 3.63) is 77.2 Å². The maximum Gasteiger partial charge on any atom is 0.223 e. The topological polar surface area (TPSA) is 76.7 Å². The van der Waals surface area contributed by atoms with Gasteiger partial charge in [-0.3, -0.25) is 4.98 Å². The molecule has 2 heterocycles. The summed E-state index contributed by atoms with van der Waals surface area (Å²) in [5, 5.41) is 3.61. The van der Waals surface area contributed by atoms with Gasteiger partial charge < -0.3 is 11.1 Å². The van der Waals surface area contributed by atoms with Gasteiger partial charge in [0, 0.05) is 12.3 Å². The molecule has 0 aliphatic carbocycles. The third-order valence-corrected chi connectivity index (χ3v) is 3.31. The third kappa shape index (κ3) is 3.32. The van der Waals surface area contributed by atoms with Gasteiger partial charge in [-0.25, -0.2) is 4.98 Å². The van der Waals surface area contributed by atoms with E-state index in [1.165, 1.54) is 0 Å². The molecule has 3 N–H and O–H groups in total. The first-order valence-corrected chi connectivity index (χ1v) is 7.12. The normalized spacial score (nSPS) is 11.9. The van der Waals surface area contributed by atoms with E-state index in [2.05, 4.69) is 20.3 Å². The predicted molar refractivity (Wildman–Crippen MR) is 87.6 cm³/mol. The summed E-state index contributed by atoms with van der Waals surface area (Å²) in [6, 6.07) is 17.2. The maximum atomic E-state index is 5.94. The van der Waals surface area contributed by atoms with Crippen LogP contribution in [0.25, 0.3) is 0 Å². The van der Waals surface area contributed by atoms with E-state index < -0.39 is 0 Å². The number of halogens is 1. The fourth-order valence-corrected chi connectivity index (χ4v) is 2.37. The van der Waals surface area contributed by atoms with E-state index in [0.29, 0.717) is 11.0 Å². The highest BCUT2D eigenvalue weighted by molar-refractivity contribution is 6.29. The van der Waals surface area contributed by atoms with Gasteiger partial charge in [0.05, 0.1) is 11.7 Å². The van der Waals surface area contributed by atoms with Crippen LogP contribution in [0.5, 0.6) is 0 Å². The standard InChI is InChI=1S/C16H14ClN5/c17-13-10-14(22-16(18)20-13)21-15(11-6-2-1-3-7-11)12-8-4-5-9-19-12/h1-10,15H,(H3,18,20,21,22)/t15-/m0/s1. The Morgan fingerprint density at radius 2 is 1.77 bits per heavy atom. The number of nitrogens with two attached hydrogens (primary N) is 1. The quantitative estimate of drug-likeness (QED) is 0.723. The minimum atomic E-state index is -0.159. The molecule has 0 fully saturated rings. The summed E-state index contributed by atoms with van der Waals surface area (Å²) < 4.78 is 0. The zero-order chi connectivity index (χ0) is 15.4. The van der Waals surface area contributed by atoms with Crippen molar-refractivity contribution >= 4 is 23.4 Å². The third-order valence-electron chi connectivity index (χ3n) is 3.12. The Hall–Kier alpha value is -2.66. The Balaban J connectivity index is 1.99. The Morgan fingerprint density at radius 3 is 2.45 bits per heavy atom. The Kier molecular flexibility index (Phi) is 4.16. The van der Waals surface area contributed by atoms with E-state index in [1.54, 1.807) is 12.3 Å². The van der Waals surface area contributed by atoms with Gasteiger partial charge in [-0.15, -0.1) is 0 Å². The van der Waals surface area contributed by atoms with Crippen molar-refractivity contribution in [3.63, 3.8) is 0 Å². The first kappa shape index (κ1) is 14.3. The van der Waals surface area contributed by atoms with Crippen LogP contribution in [-0.2, 0) is 0 Å². The lowest BCUT2D eigenvalue weighted by Gasteiger charge is -2.19. The van der Waals surface area contributed by atoms with Crippen LogP contribution in [0.2, 0.25) is 5.15 Å². The number of rotatable bonds is 4. The molecule has 0 bridgehead atoms. The highest BCUT2D eigenvalue weighted by atomic mass is 35.5. The van der Waals surface area contributed by atoms with Crippen molar-refractivity contribution in [1.82, 2.24) is 15.0 Å². The van der Waals surface area contributed by atoms with Crippen LogP contribution in [0.15, 0.2) is 60.8 Å². The molecule has 0 radical (unpaired) electrons. The van der Waals surface area contributed by atoms with Gasteiger partial charge in [0.2, 0.25) is 5.95 Å².